The Morgan fingerprint density at radius 3 is 2.68 bits per heavy atom. The fourth-order valence-corrected chi connectivity index (χ4v) is 1.77. The number of rotatable bonds is 4. The number of alkyl carbamates (subject to hydrolysis) is 1. The van der Waals surface area contributed by atoms with Gasteiger partial charge in [0.1, 0.15) is 16.9 Å². The van der Waals surface area contributed by atoms with E-state index in [1.165, 1.54) is 0 Å². The highest BCUT2D eigenvalue weighted by molar-refractivity contribution is 9.09. The number of carbonyl (C=O) groups excluding carboxylic acids is 1. The van der Waals surface area contributed by atoms with Crippen LogP contribution in [-0.4, -0.2) is 17.2 Å². The molecule has 1 rings (SSSR count). The summed E-state index contributed by atoms with van der Waals surface area (Å²) in [5.41, 5.74) is 0.902. The number of hydrogen-bond acceptors (Lipinski definition) is 3. The molecule has 0 aliphatic heterocycles. The average Bonchev–Trinajstić information content (AvgIpc) is 2.27. The summed E-state index contributed by atoms with van der Waals surface area (Å²) in [6.07, 6.45) is -0.424. The number of nitrogens with one attached hydrogen (secondary N) is 1. The first-order valence-electron chi connectivity index (χ1n) is 6.10. The van der Waals surface area contributed by atoms with Crippen molar-refractivity contribution >= 4 is 22.0 Å². The topological polar surface area (TPSA) is 47.6 Å². The van der Waals surface area contributed by atoms with Crippen LogP contribution in [0.3, 0.4) is 0 Å². The SMILES string of the molecule is C[C@@H](NC(=O)OC(C)(C)C)c1cccc(OCBr)c1. The lowest BCUT2D eigenvalue weighted by atomic mass is 10.1. The monoisotopic (exact) mass is 329 g/mol. The third kappa shape index (κ3) is 5.96. The number of halogens is 1. The highest BCUT2D eigenvalue weighted by Crippen LogP contribution is 2.20. The highest BCUT2D eigenvalue weighted by Gasteiger charge is 2.18. The normalized spacial score (nSPS) is 12.7. The fourth-order valence-electron chi connectivity index (χ4n) is 1.50. The molecule has 19 heavy (non-hydrogen) atoms. The zero-order valence-electron chi connectivity index (χ0n) is 11.7. The van der Waals surface area contributed by atoms with Crippen molar-refractivity contribution in [3.63, 3.8) is 0 Å². The molecule has 4 nitrogen and oxygen atoms in total. The quantitative estimate of drug-likeness (QED) is 0.849. The van der Waals surface area contributed by atoms with Gasteiger partial charge in [0.05, 0.1) is 6.04 Å². The smallest absolute Gasteiger partial charge is 0.408 e. The fraction of sp³-hybridized carbons (Fsp3) is 0.500. The Hall–Kier alpha value is -1.23. The molecule has 0 saturated carbocycles. The van der Waals surface area contributed by atoms with Crippen molar-refractivity contribution in [3.05, 3.63) is 29.8 Å². The summed E-state index contributed by atoms with van der Waals surface area (Å²) in [5.74, 6) is 0.757. The minimum Gasteiger partial charge on any atom is -0.482 e. The molecule has 1 atom stereocenters. The molecule has 1 aromatic carbocycles. The number of ether oxygens (including phenoxy) is 2. The van der Waals surface area contributed by atoms with Crippen molar-refractivity contribution in [2.45, 2.75) is 39.3 Å². The Kier molecular flexibility index (Phi) is 5.66. The molecule has 1 N–H and O–H groups in total. The molecule has 5 heteroatoms. The lowest BCUT2D eigenvalue weighted by Crippen LogP contribution is -2.34. The molecule has 0 spiro atoms. The van der Waals surface area contributed by atoms with Crippen LogP contribution in [0.4, 0.5) is 4.79 Å². The molecule has 0 fully saturated rings. The van der Waals surface area contributed by atoms with Gasteiger partial charge in [-0.15, -0.1) is 0 Å². The summed E-state index contributed by atoms with van der Waals surface area (Å²) in [6, 6.07) is 7.44. The van der Waals surface area contributed by atoms with E-state index in [4.69, 9.17) is 9.47 Å². The van der Waals surface area contributed by atoms with Gasteiger partial charge in [-0.2, -0.15) is 0 Å². The van der Waals surface area contributed by atoms with Crippen LogP contribution in [0.5, 0.6) is 5.75 Å². The Labute approximate surface area is 122 Å². The van der Waals surface area contributed by atoms with Gasteiger partial charge in [-0.05, 0) is 61.3 Å². The van der Waals surface area contributed by atoms with Crippen molar-refractivity contribution in [1.82, 2.24) is 5.32 Å². The van der Waals surface area contributed by atoms with Crippen molar-refractivity contribution in [1.29, 1.82) is 0 Å². The van der Waals surface area contributed by atoms with Crippen molar-refractivity contribution < 1.29 is 14.3 Å². The van der Waals surface area contributed by atoms with Gasteiger partial charge in [0, 0.05) is 0 Å². The van der Waals surface area contributed by atoms with Gasteiger partial charge in [0.25, 0.3) is 0 Å². The molecule has 0 bridgehead atoms. The van der Waals surface area contributed by atoms with Crippen LogP contribution in [0.2, 0.25) is 0 Å². The molecule has 0 radical (unpaired) electrons. The van der Waals surface area contributed by atoms with E-state index in [0.29, 0.717) is 5.52 Å². The van der Waals surface area contributed by atoms with Gasteiger partial charge in [-0.25, -0.2) is 4.79 Å². The summed E-state index contributed by atoms with van der Waals surface area (Å²) < 4.78 is 10.6. The third-order valence-electron chi connectivity index (χ3n) is 2.31. The maximum atomic E-state index is 11.7. The van der Waals surface area contributed by atoms with E-state index in [9.17, 15) is 4.79 Å². The minimum atomic E-state index is -0.495. The lowest BCUT2D eigenvalue weighted by molar-refractivity contribution is 0.0508. The molecule has 106 valence electrons. The molecular formula is C14H20BrNO3. The van der Waals surface area contributed by atoms with Crippen LogP contribution in [0.25, 0.3) is 0 Å². The highest BCUT2D eigenvalue weighted by atomic mass is 79.9. The van der Waals surface area contributed by atoms with Crippen molar-refractivity contribution in [2.75, 3.05) is 5.52 Å². The molecule has 1 amide bonds. The predicted octanol–water partition coefficient (Wildman–Crippen LogP) is 4.00. The van der Waals surface area contributed by atoms with Gasteiger partial charge in [-0.1, -0.05) is 12.1 Å². The number of carbonyl (C=O) groups is 1. The second-order valence-electron chi connectivity index (χ2n) is 5.19. The largest absolute Gasteiger partial charge is 0.482 e. The van der Waals surface area contributed by atoms with E-state index in [1.54, 1.807) is 0 Å². The molecule has 0 aromatic heterocycles. The van der Waals surface area contributed by atoms with E-state index < -0.39 is 11.7 Å². The second-order valence-corrected chi connectivity index (χ2v) is 5.65. The summed E-state index contributed by atoms with van der Waals surface area (Å²) in [6.45, 7) is 7.41. The maximum Gasteiger partial charge on any atom is 0.408 e. The Morgan fingerprint density at radius 2 is 2.11 bits per heavy atom. The summed E-state index contributed by atoms with van der Waals surface area (Å²) in [7, 11) is 0. The maximum absolute atomic E-state index is 11.7. The van der Waals surface area contributed by atoms with Crippen LogP contribution in [0.1, 0.15) is 39.3 Å². The number of benzene rings is 1. The zero-order valence-corrected chi connectivity index (χ0v) is 13.3. The predicted molar refractivity (Wildman–Crippen MR) is 78.6 cm³/mol. The molecule has 0 heterocycles. The lowest BCUT2D eigenvalue weighted by Gasteiger charge is -2.22. The standard InChI is InChI=1S/C14H20BrNO3/c1-10(16-13(17)19-14(2,3)4)11-6-5-7-12(8-11)18-9-15/h5-8,10H,9H2,1-4H3,(H,16,17)/t10-/m1/s1. The van der Waals surface area contributed by atoms with E-state index >= 15 is 0 Å². The van der Waals surface area contributed by atoms with Crippen LogP contribution >= 0.6 is 15.9 Å². The molecule has 0 unspecified atom stereocenters. The van der Waals surface area contributed by atoms with Crippen LogP contribution in [-0.2, 0) is 4.74 Å². The zero-order chi connectivity index (χ0) is 14.5. The van der Waals surface area contributed by atoms with Crippen molar-refractivity contribution in [3.8, 4) is 5.75 Å². The van der Waals surface area contributed by atoms with Crippen LogP contribution < -0.4 is 10.1 Å². The first-order chi connectivity index (χ1) is 8.81. The van der Waals surface area contributed by atoms with Crippen LogP contribution in [0, 0.1) is 0 Å². The van der Waals surface area contributed by atoms with Gasteiger partial charge < -0.3 is 14.8 Å². The van der Waals surface area contributed by atoms with Crippen molar-refractivity contribution in [2.24, 2.45) is 0 Å². The molecule has 1 aromatic rings. The molecular weight excluding hydrogens is 310 g/mol. The Morgan fingerprint density at radius 1 is 1.42 bits per heavy atom. The van der Waals surface area contributed by atoms with E-state index in [2.05, 4.69) is 21.2 Å². The number of amides is 1. The first-order valence-corrected chi connectivity index (χ1v) is 7.22. The minimum absolute atomic E-state index is 0.145. The van der Waals surface area contributed by atoms with Crippen LogP contribution in [0.15, 0.2) is 24.3 Å². The first kappa shape index (κ1) is 15.8. The van der Waals surface area contributed by atoms with Gasteiger partial charge in [0.15, 0.2) is 0 Å². The summed E-state index contributed by atoms with van der Waals surface area (Å²) in [4.78, 5) is 11.7. The molecule has 0 saturated heterocycles. The van der Waals surface area contributed by atoms with E-state index in [0.717, 1.165) is 11.3 Å². The molecule has 0 aliphatic carbocycles. The Bertz CT molecular complexity index is 429. The average molecular weight is 330 g/mol. The summed E-state index contributed by atoms with van der Waals surface area (Å²) >= 11 is 3.21. The molecule has 0 aliphatic rings. The number of hydrogen-bond donors (Lipinski definition) is 1. The summed E-state index contributed by atoms with van der Waals surface area (Å²) in [5, 5.41) is 2.79. The Balaban J connectivity index is 2.64. The third-order valence-corrected chi connectivity index (χ3v) is 2.54. The van der Waals surface area contributed by atoms with E-state index in [1.807, 2.05) is 52.0 Å². The van der Waals surface area contributed by atoms with Gasteiger partial charge in [-0.3, -0.25) is 0 Å². The van der Waals surface area contributed by atoms with Gasteiger partial charge in [0.2, 0.25) is 0 Å². The number of alkyl halides is 1. The van der Waals surface area contributed by atoms with Gasteiger partial charge >= 0.3 is 6.09 Å². The second kappa shape index (κ2) is 6.80. The van der Waals surface area contributed by atoms with E-state index in [-0.39, 0.29) is 6.04 Å².